The lowest BCUT2D eigenvalue weighted by Gasteiger charge is -2.09. The van der Waals surface area contributed by atoms with Gasteiger partial charge in [0.15, 0.2) is 0 Å². The molecule has 0 fully saturated rings. The van der Waals surface area contributed by atoms with Crippen molar-refractivity contribution in [1.82, 2.24) is 0 Å². The fraction of sp³-hybridized carbons (Fsp3) is 0.125. The molecular weight excluding hydrogens is 206 g/mol. The van der Waals surface area contributed by atoms with Crippen LogP contribution in [0.25, 0.3) is 0 Å². The van der Waals surface area contributed by atoms with Crippen LogP contribution in [0.15, 0.2) is 27.8 Å². The Hall–Kier alpha value is -0.830. The van der Waals surface area contributed by atoms with Crippen LogP contribution in [0, 0.1) is 0 Å². The predicted molar refractivity (Wildman–Crippen MR) is 46.5 cm³/mol. The number of hydrogen-bond donors (Lipinski definition) is 0. The van der Waals surface area contributed by atoms with Gasteiger partial charge in [-0.25, -0.2) is 0 Å². The summed E-state index contributed by atoms with van der Waals surface area (Å²) >= 11 is 3.39. The first-order valence-corrected chi connectivity index (χ1v) is 4.09. The minimum absolute atomic E-state index is 0.575. The third-order valence-electron chi connectivity index (χ3n) is 1.59. The first-order valence-electron chi connectivity index (χ1n) is 3.30. The van der Waals surface area contributed by atoms with E-state index in [0.717, 1.165) is 10.0 Å². The van der Waals surface area contributed by atoms with Crippen molar-refractivity contribution in [2.75, 3.05) is 0 Å². The first kappa shape index (κ1) is 6.85. The molecular formula is C8H6BrNO. The SMILES string of the molecule is Brc1ccc2c(c1)CON=C2. The maximum atomic E-state index is 4.90. The summed E-state index contributed by atoms with van der Waals surface area (Å²) in [5, 5.41) is 3.71. The van der Waals surface area contributed by atoms with Gasteiger partial charge >= 0.3 is 0 Å². The lowest BCUT2D eigenvalue weighted by molar-refractivity contribution is 0.128. The molecule has 0 spiro atoms. The van der Waals surface area contributed by atoms with Crippen LogP contribution < -0.4 is 0 Å². The van der Waals surface area contributed by atoms with Crippen molar-refractivity contribution in [3.05, 3.63) is 33.8 Å². The van der Waals surface area contributed by atoms with Crippen LogP contribution in [0.3, 0.4) is 0 Å². The van der Waals surface area contributed by atoms with Crippen molar-refractivity contribution in [3.63, 3.8) is 0 Å². The van der Waals surface area contributed by atoms with Crippen molar-refractivity contribution < 1.29 is 4.84 Å². The van der Waals surface area contributed by atoms with Crippen molar-refractivity contribution in [3.8, 4) is 0 Å². The van der Waals surface area contributed by atoms with E-state index in [-0.39, 0.29) is 0 Å². The van der Waals surface area contributed by atoms with Gasteiger partial charge in [-0.3, -0.25) is 0 Å². The van der Waals surface area contributed by atoms with Gasteiger partial charge in [0.1, 0.15) is 6.61 Å². The van der Waals surface area contributed by atoms with Gasteiger partial charge in [-0.1, -0.05) is 27.2 Å². The second-order valence-corrected chi connectivity index (χ2v) is 3.27. The highest BCUT2D eigenvalue weighted by Crippen LogP contribution is 2.18. The molecule has 0 aliphatic carbocycles. The first-order chi connectivity index (χ1) is 5.36. The van der Waals surface area contributed by atoms with E-state index in [1.54, 1.807) is 6.21 Å². The predicted octanol–water partition coefficient (Wildman–Crippen LogP) is 2.31. The largest absolute Gasteiger partial charge is 0.391 e. The number of nitrogens with zero attached hydrogens (tertiary/aromatic N) is 1. The molecule has 0 unspecified atom stereocenters. The molecule has 0 saturated carbocycles. The monoisotopic (exact) mass is 211 g/mol. The number of halogens is 1. The summed E-state index contributed by atoms with van der Waals surface area (Å²) in [5.74, 6) is 0. The lowest BCUT2D eigenvalue weighted by atomic mass is 10.1. The molecule has 0 atom stereocenters. The van der Waals surface area contributed by atoms with Crippen LogP contribution in [0.4, 0.5) is 0 Å². The van der Waals surface area contributed by atoms with Gasteiger partial charge in [-0.05, 0) is 12.1 Å². The Morgan fingerprint density at radius 2 is 2.36 bits per heavy atom. The van der Waals surface area contributed by atoms with E-state index in [4.69, 9.17) is 4.84 Å². The second kappa shape index (κ2) is 2.66. The number of oxime groups is 1. The molecule has 1 aliphatic rings. The molecule has 0 saturated heterocycles. The second-order valence-electron chi connectivity index (χ2n) is 2.35. The van der Waals surface area contributed by atoms with E-state index in [9.17, 15) is 0 Å². The highest BCUT2D eigenvalue weighted by atomic mass is 79.9. The zero-order valence-corrected chi connectivity index (χ0v) is 7.34. The number of rotatable bonds is 0. The summed E-state index contributed by atoms with van der Waals surface area (Å²) in [6.45, 7) is 0.575. The topological polar surface area (TPSA) is 21.6 Å². The lowest BCUT2D eigenvalue weighted by Crippen LogP contribution is -2.00. The Morgan fingerprint density at radius 3 is 3.27 bits per heavy atom. The van der Waals surface area contributed by atoms with Crippen molar-refractivity contribution in [2.24, 2.45) is 5.16 Å². The molecule has 0 radical (unpaired) electrons. The summed E-state index contributed by atoms with van der Waals surface area (Å²) in [6.07, 6.45) is 1.73. The Morgan fingerprint density at radius 1 is 1.45 bits per heavy atom. The Labute approximate surface area is 73.0 Å². The molecule has 2 rings (SSSR count). The minimum Gasteiger partial charge on any atom is -0.391 e. The van der Waals surface area contributed by atoms with Crippen molar-refractivity contribution in [2.45, 2.75) is 6.61 Å². The van der Waals surface area contributed by atoms with Gasteiger partial charge < -0.3 is 4.84 Å². The molecule has 3 heteroatoms. The standard InChI is InChI=1S/C8H6BrNO/c9-8-2-1-6-4-10-11-5-7(6)3-8/h1-4H,5H2. The zero-order chi connectivity index (χ0) is 7.68. The minimum atomic E-state index is 0.575. The van der Waals surface area contributed by atoms with Crippen LogP contribution in [0.1, 0.15) is 11.1 Å². The van der Waals surface area contributed by atoms with Crippen LogP contribution >= 0.6 is 15.9 Å². The van der Waals surface area contributed by atoms with E-state index in [2.05, 4.69) is 21.1 Å². The molecule has 0 amide bonds. The quantitative estimate of drug-likeness (QED) is 0.646. The zero-order valence-electron chi connectivity index (χ0n) is 5.75. The molecule has 1 heterocycles. The normalized spacial score (nSPS) is 13.9. The summed E-state index contributed by atoms with van der Waals surface area (Å²) in [6, 6.07) is 6.06. The molecule has 1 aromatic rings. The number of fused-ring (bicyclic) bond motifs is 1. The average molecular weight is 212 g/mol. The van der Waals surface area contributed by atoms with Crippen LogP contribution in [0.5, 0.6) is 0 Å². The van der Waals surface area contributed by atoms with Gasteiger partial charge in [0, 0.05) is 15.6 Å². The van der Waals surface area contributed by atoms with Gasteiger partial charge in [-0.2, -0.15) is 0 Å². The average Bonchev–Trinajstić information content (AvgIpc) is 2.04. The van der Waals surface area contributed by atoms with Crippen LogP contribution in [-0.4, -0.2) is 6.21 Å². The molecule has 1 aromatic carbocycles. The molecule has 0 bridgehead atoms. The summed E-state index contributed by atoms with van der Waals surface area (Å²) in [5.41, 5.74) is 2.31. The van der Waals surface area contributed by atoms with Crippen molar-refractivity contribution in [1.29, 1.82) is 0 Å². The van der Waals surface area contributed by atoms with Gasteiger partial charge in [0.25, 0.3) is 0 Å². The molecule has 11 heavy (non-hydrogen) atoms. The molecule has 56 valence electrons. The Kier molecular flexibility index (Phi) is 1.66. The maximum absolute atomic E-state index is 4.90. The Bertz CT molecular complexity index is 309. The summed E-state index contributed by atoms with van der Waals surface area (Å²) < 4.78 is 1.08. The molecule has 0 N–H and O–H groups in total. The van der Waals surface area contributed by atoms with E-state index in [1.165, 1.54) is 5.56 Å². The highest BCUT2D eigenvalue weighted by Gasteiger charge is 2.05. The van der Waals surface area contributed by atoms with Gasteiger partial charge in [-0.15, -0.1) is 0 Å². The van der Waals surface area contributed by atoms with E-state index in [0.29, 0.717) is 6.61 Å². The van der Waals surface area contributed by atoms with Crippen molar-refractivity contribution >= 4 is 22.1 Å². The fourth-order valence-corrected chi connectivity index (χ4v) is 1.43. The van der Waals surface area contributed by atoms with E-state index >= 15 is 0 Å². The Balaban J connectivity index is 2.53. The fourth-order valence-electron chi connectivity index (χ4n) is 1.03. The molecule has 1 aliphatic heterocycles. The third-order valence-corrected chi connectivity index (χ3v) is 2.08. The van der Waals surface area contributed by atoms with Gasteiger partial charge in [0.2, 0.25) is 0 Å². The molecule has 0 aromatic heterocycles. The number of hydrogen-bond acceptors (Lipinski definition) is 2. The third kappa shape index (κ3) is 1.28. The van der Waals surface area contributed by atoms with Crippen LogP contribution in [-0.2, 0) is 11.4 Å². The van der Waals surface area contributed by atoms with Crippen LogP contribution in [0.2, 0.25) is 0 Å². The maximum Gasteiger partial charge on any atom is 0.143 e. The molecule has 2 nitrogen and oxygen atoms in total. The van der Waals surface area contributed by atoms with E-state index in [1.807, 2.05) is 18.2 Å². The smallest absolute Gasteiger partial charge is 0.143 e. The van der Waals surface area contributed by atoms with Gasteiger partial charge in [0.05, 0.1) is 6.21 Å². The summed E-state index contributed by atoms with van der Waals surface area (Å²) in [7, 11) is 0. The number of benzene rings is 1. The summed E-state index contributed by atoms with van der Waals surface area (Å²) in [4.78, 5) is 4.90. The highest BCUT2D eigenvalue weighted by molar-refractivity contribution is 9.10. The van der Waals surface area contributed by atoms with E-state index < -0.39 is 0 Å².